The van der Waals surface area contributed by atoms with E-state index in [4.69, 9.17) is 10.5 Å². The SMILES string of the molecule is CC(C)(C)OC(=O)c1ccn(-c2ncccc2N)n1. The molecule has 0 aliphatic carbocycles. The number of aromatic nitrogens is 3. The van der Waals surface area contributed by atoms with E-state index in [0.29, 0.717) is 11.5 Å². The van der Waals surface area contributed by atoms with Gasteiger partial charge in [-0.05, 0) is 39.0 Å². The van der Waals surface area contributed by atoms with Gasteiger partial charge in [0.05, 0.1) is 5.69 Å². The Hall–Kier alpha value is -2.37. The normalized spacial score (nSPS) is 11.3. The number of esters is 1. The number of rotatable bonds is 2. The fourth-order valence-corrected chi connectivity index (χ4v) is 1.48. The lowest BCUT2D eigenvalue weighted by Crippen LogP contribution is -2.24. The van der Waals surface area contributed by atoms with Crippen LogP contribution in [-0.4, -0.2) is 26.3 Å². The quantitative estimate of drug-likeness (QED) is 0.832. The second-order valence-electron chi connectivity index (χ2n) is 5.06. The standard InChI is InChI=1S/C13H16N4O2/c1-13(2,3)19-12(18)10-6-8-17(16-10)11-9(14)5-4-7-15-11/h4-8H,14H2,1-3H3. The second-order valence-corrected chi connectivity index (χ2v) is 5.06. The van der Waals surface area contributed by atoms with Crippen LogP contribution in [-0.2, 0) is 4.74 Å². The molecule has 0 saturated heterocycles. The van der Waals surface area contributed by atoms with Gasteiger partial charge in [0, 0.05) is 12.4 Å². The number of hydrogen-bond donors (Lipinski definition) is 1. The molecule has 0 aliphatic rings. The molecular weight excluding hydrogens is 244 g/mol. The lowest BCUT2D eigenvalue weighted by molar-refractivity contribution is 0.00624. The van der Waals surface area contributed by atoms with Gasteiger partial charge in [-0.3, -0.25) is 0 Å². The third-order valence-electron chi connectivity index (χ3n) is 2.23. The Morgan fingerprint density at radius 2 is 2.11 bits per heavy atom. The van der Waals surface area contributed by atoms with Crippen molar-refractivity contribution in [3.8, 4) is 5.82 Å². The highest BCUT2D eigenvalue weighted by Gasteiger charge is 2.20. The number of nitrogens with two attached hydrogens (primary N) is 1. The lowest BCUT2D eigenvalue weighted by Gasteiger charge is -2.18. The maximum Gasteiger partial charge on any atom is 0.359 e. The molecule has 6 nitrogen and oxygen atoms in total. The van der Waals surface area contributed by atoms with Gasteiger partial charge in [0.1, 0.15) is 5.60 Å². The summed E-state index contributed by atoms with van der Waals surface area (Å²) in [6.45, 7) is 5.41. The second kappa shape index (κ2) is 4.72. The van der Waals surface area contributed by atoms with Crippen molar-refractivity contribution in [2.24, 2.45) is 0 Å². The largest absolute Gasteiger partial charge is 0.455 e. The van der Waals surface area contributed by atoms with Gasteiger partial charge in [-0.15, -0.1) is 0 Å². The Kier molecular flexibility index (Phi) is 3.25. The van der Waals surface area contributed by atoms with Crippen molar-refractivity contribution in [3.63, 3.8) is 0 Å². The number of pyridine rings is 1. The van der Waals surface area contributed by atoms with E-state index in [0.717, 1.165) is 0 Å². The number of carbonyl (C=O) groups is 1. The van der Waals surface area contributed by atoms with E-state index in [1.54, 1.807) is 51.4 Å². The number of nitrogen functional groups attached to an aromatic ring is 1. The zero-order valence-corrected chi connectivity index (χ0v) is 11.1. The molecule has 0 amide bonds. The van der Waals surface area contributed by atoms with E-state index in [1.807, 2.05) is 0 Å². The van der Waals surface area contributed by atoms with E-state index in [2.05, 4.69) is 10.1 Å². The first kappa shape index (κ1) is 13.1. The number of ether oxygens (including phenoxy) is 1. The van der Waals surface area contributed by atoms with Crippen LogP contribution in [0, 0.1) is 0 Å². The van der Waals surface area contributed by atoms with Gasteiger partial charge in [0.2, 0.25) is 0 Å². The summed E-state index contributed by atoms with van der Waals surface area (Å²) in [4.78, 5) is 16.0. The molecule has 0 unspecified atom stereocenters. The third kappa shape index (κ3) is 3.09. The van der Waals surface area contributed by atoms with Crippen LogP contribution in [0.5, 0.6) is 0 Å². The molecule has 2 aromatic rings. The molecule has 2 heterocycles. The minimum absolute atomic E-state index is 0.222. The van der Waals surface area contributed by atoms with Crippen LogP contribution in [0.15, 0.2) is 30.6 Å². The summed E-state index contributed by atoms with van der Waals surface area (Å²) in [7, 11) is 0. The van der Waals surface area contributed by atoms with Crippen LogP contribution in [0.4, 0.5) is 5.69 Å². The first-order valence-electron chi connectivity index (χ1n) is 5.87. The smallest absolute Gasteiger partial charge is 0.359 e. The summed E-state index contributed by atoms with van der Waals surface area (Å²) in [5.74, 6) is 0.0121. The van der Waals surface area contributed by atoms with Crippen molar-refractivity contribution in [2.75, 3.05) is 5.73 Å². The maximum atomic E-state index is 11.8. The van der Waals surface area contributed by atoms with E-state index >= 15 is 0 Å². The number of hydrogen-bond acceptors (Lipinski definition) is 5. The average Bonchev–Trinajstić information content (AvgIpc) is 2.76. The van der Waals surface area contributed by atoms with Crippen molar-refractivity contribution in [3.05, 3.63) is 36.3 Å². The van der Waals surface area contributed by atoms with Crippen molar-refractivity contribution in [1.82, 2.24) is 14.8 Å². The van der Waals surface area contributed by atoms with E-state index in [1.165, 1.54) is 4.68 Å². The summed E-state index contributed by atoms with van der Waals surface area (Å²) in [5.41, 5.74) is 5.96. The zero-order chi connectivity index (χ0) is 14.0. The molecule has 0 spiro atoms. The number of carbonyl (C=O) groups excluding carboxylic acids is 1. The fraction of sp³-hybridized carbons (Fsp3) is 0.308. The van der Waals surface area contributed by atoms with E-state index in [9.17, 15) is 4.79 Å². The fourth-order valence-electron chi connectivity index (χ4n) is 1.48. The topological polar surface area (TPSA) is 83.0 Å². The van der Waals surface area contributed by atoms with Gasteiger partial charge < -0.3 is 10.5 Å². The minimum atomic E-state index is -0.551. The van der Waals surface area contributed by atoms with Gasteiger partial charge in [0.25, 0.3) is 0 Å². The molecule has 6 heteroatoms. The molecule has 0 fully saturated rings. The summed E-state index contributed by atoms with van der Waals surface area (Å²) in [6.07, 6.45) is 3.23. The van der Waals surface area contributed by atoms with E-state index < -0.39 is 11.6 Å². The predicted molar refractivity (Wildman–Crippen MR) is 70.9 cm³/mol. The van der Waals surface area contributed by atoms with Crippen molar-refractivity contribution >= 4 is 11.7 Å². The highest BCUT2D eigenvalue weighted by molar-refractivity contribution is 5.87. The molecule has 0 aromatic carbocycles. The summed E-state index contributed by atoms with van der Waals surface area (Å²) in [6, 6.07) is 5.02. The lowest BCUT2D eigenvalue weighted by atomic mass is 10.2. The molecule has 2 aromatic heterocycles. The van der Waals surface area contributed by atoms with Gasteiger partial charge in [-0.2, -0.15) is 5.10 Å². The monoisotopic (exact) mass is 260 g/mol. The summed E-state index contributed by atoms with van der Waals surface area (Å²) < 4.78 is 6.69. The Bertz CT molecular complexity index is 599. The van der Waals surface area contributed by atoms with Crippen LogP contribution in [0.25, 0.3) is 5.82 Å². The molecule has 19 heavy (non-hydrogen) atoms. The van der Waals surface area contributed by atoms with Crippen molar-refractivity contribution in [1.29, 1.82) is 0 Å². The molecule has 100 valence electrons. The first-order valence-corrected chi connectivity index (χ1v) is 5.87. The first-order chi connectivity index (χ1) is 8.87. The van der Waals surface area contributed by atoms with E-state index in [-0.39, 0.29) is 5.69 Å². The average molecular weight is 260 g/mol. The molecule has 2 rings (SSSR count). The molecule has 0 atom stereocenters. The van der Waals surface area contributed by atoms with Crippen LogP contribution < -0.4 is 5.73 Å². The van der Waals surface area contributed by atoms with Crippen LogP contribution in [0.3, 0.4) is 0 Å². The molecular formula is C13H16N4O2. The Labute approximate surface area is 111 Å². The van der Waals surface area contributed by atoms with Crippen molar-refractivity contribution < 1.29 is 9.53 Å². The number of nitrogens with zero attached hydrogens (tertiary/aromatic N) is 3. The molecule has 0 aliphatic heterocycles. The molecule has 2 N–H and O–H groups in total. The molecule has 0 radical (unpaired) electrons. The summed E-state index contributed by atoms with van der Waals surface area (Å²) in [5, 5.41) is 4.13. The molecule has 0 bridgehead atoms. The Morgan fingerprint density at radius 1 is 1.37 bits per heavy atom. The minimum Gasteiger partial charge on any atom is -0.455 e. The summed E-state index contributed by atoms with van der Waals surface area (Å²) >= 11 is 0. The van der Waals surface area contributed by atoms with Gasteiger partial charge >= 0.3 is 5.97 Å². The zero-order valence-electron chi connectivity index (χ0n) is 11.1. The van der Waals surface area contributed by atoms with Gasteiger partial charge in [-0.1, -0.05) is 0 Å². The number of anilines is 1. The Morgan fingerprint density at radius 3 is 2.74 bits per heavy atom. The van der Waals surface area contributed by atoms with Gasteiger partial charge in [0.15, 0.2) is 11.5 Å². The van der Waals surface area contributed by atoms with Crippen LogP contribution in [0.1, 0.15) is 31.3 Å². The van der Waals surface area contributed by atoms with Crippen LogP contribution >= 0.6 is 0 Å². The predicted octanol–water partition coefficient (Wildman–Crippen LogP) is 1.80. The highest BCUT2D eigenvalue weighted by atomic mass is 16.6. The maximum absolute atomic E-state index is 11.8. The third-order valence-corrected chi connectivity index (χ3v) is 2.23. The van der Waals surface area contributed by atoms with Crippen LogP contribution in [0.2, 0.25) is 0 Å². The van der Waals surface area contributed by atoms with Crippen molar-refractivity contribution in [2.45, 2.75) is 26.4 Å². The Balaban J connectivity index is 2.25. The molecule has 0 saturated carbocycles. The van der Waals surface area contributed by atoms with Gasteiger partial charge in [-0.25, -0.2) is 14.5 Å². The highest BCUT2D eigenvalue weighted by Crippen LogP contribution is 2.14.